The van der Waals surface area contributed by atoms with Gasteiger partial charge in [-0.3, -0.25) is 14.5 Å². The van der Waals surface area contributed by atoms with Gasteiger partial charge in [0.1, 0.15) is 11.3 Å². The van der Waals surface area contributed by atoms with Crippen molar-refractivity contribution < 1.29 is 14.0 Å². The number of benzene rings is 2. The van der Waals surface area contributed by atoms with Crippen molar-refractivity contribution in [3.8, 4) is 0 Å². The first-order valence-corrected chi connectivity index (χ1v) is 10.0. The summed E-state index contributed by atoms with van der Waals surface area (Å²) < 4.78 is 5.33. The molecule has 2 amide bonds. The molecule has 0 bridgehead atoms. The number of halogens is 2. The maximum atomic E-state index is 12.5. The fourth-order valence-electron chi connectivity index (χ4n) is 3.14. The zero-order valence-corrected chi connectivity index (χ0v) is 17.8. The highest BCUT2D eigenvalue weighted by molar-refractivity contribution is 6.36. The number of carbonyl (C=O) groups excluding carboxylic acids is 2. The number of hydrogen-bond donors (Lipinski definition) is 1. The summed E-state index contributed by atoms with van der Waals surface area (Å²) in [5.41, 5.74) is 2.81. The van der Waals surface area contributed by atoms with Gasteiger partial charge < -0.3 is 9.73 Å². The van der Waals surface area contributed by atoms with Crippen LogP contribution in [-0.2, 0) is 16.0 Å². The van der Waals surface area contributed by atoms with E-state index < -0.39 is 0 Å². The van der Waals surface area contributed by atoms with E-state index in [-0.39, 0.29) is 18.2 Å². The van der Waals surface area contributed by atoms with Gasteiger partial charge in [-0.1, -0.05) is 29.3 Å². The van der Waals surface area contributed by atoms with Crippen molar-refractivity contribution in [1.82, 2.24) is 9.97 Å². The molecule has 0 spiro atoms. The number of nitrogens with one attached hydrogen (secondary N) is 1. The molecular weight excluding hydrogens is 439 g/mol. The highest BCUT2D eigenvalue weighted by Gasteiger charge is 2.18. The molecule has 0 aliphatic heterocycles. The van der Waals surface area contributed by atoms with Crippen molar-refractivity contribution in [1.29, 1.82) is 0 Å². The van der Waals surface area contributed by atoms with Crippen LogP contribution in [0.15, 0.2) is 65.5 Å². The Balaban J connectivity index is 1.58. The fourth-order valence-corrected chi connectivity index (χ4v) is 3.67. The molecule has 2 aromatic heterocycles. The smallest absolute Gasteiger partial charge is 0.229 e. The van der Waals surface area contributed by atoms with Crippen LogP contribution in [0.25, 0.3) is 11.1 Å². The van der Waals surface area contributed by atoms with Gasteiger partial charge >= 0.3 is 0 Å². The van der Waals surface area contributed by atoms with E-state index >= 15 is 0 Å². The Bertz CT molecular complexity index is 1270. The largest absolute Gasteiger partial charge is 0.443 e. The number of aromatic nitrogens is 2. The van der Waals surface area contributed by atoms with E-state index in [1.807, 2.05) is 0 Å². The lowest BCUT2D eigenvalue weighted by atomic mass is 10.1. The summed E-state index contributed by atoms with van der Waals surface area (Å²) in [5.74, 6) is -0.206. The molecule has 0 unspecified atom stereocenters. The Morgan fingerprint density at radius 1 is 1.06 bits per heavy atom. The average molecular weight is 455 g/mol. The Morgan fingerprint density at radius 3 is 2.58 bits per heavy atom. The second-order valence-electron chi connectivity index (χ2n) is 6.69. The van der Waals surface area contributed by atoms with Gasteiger partial charge in [0.05, 0.1) is 12.1 Å². The van der Waals surface area contributed by atoms with E-state index in [0.29, 0.717) is 43.9 Å². The standard InChI is InChI=1S/C22H16Cl2N4O3/c1-13(29)28(15-5-6-19-20(10-15)31-12-26-19)21-9-14(7-8-25-21)27-22(30)11-16-17(23)3-2-4-18(16)24/h2-10,12H,11H2,1H3,(H,25,27,30). The molecule has 4 rings (SSSR count). The molecule has 1 N–H and O–H groups in total. The van der Waals surface area contributed by atoms with E-state index in [1.54, 1.807) is 48.5 Å². The Kier molecular flexibility index (Phi) is 5.88. The van der Waals surface area contributed by atoms with Gasteiger partial charge in [0.25, 0.3) is 0 Å². The predicted octanol–water partition coefficient (Wildman–Crippen LogP) is 5.40. The van der Waals surface area contributed by atoms with E-state index in [1.165, 1.54) is 24.4 Å². The molecule has 31 heavy (non-hydrogen) atoms. The molecule has 0 saturated heterocycles. The third-order valence-electron chi connectivity index (χ3n) is 4.55. The summed E-state index contributed by atoms with van der Waals surface area (Å²) in [6.07, 6.45) is 2.86. The highest BCUT2D eigenvalue weighted by atomic mass is 35.5. The van der Waals surface area contributed by atoms with Gasteiger partial charge in [0.15, 0.2) is 12.0 Å². The van der Waals surface area contributed by atoms with Crippen molar-refractivity contribution in [3.05, 3.63) is 76.7 Å². The van der Waals surface area contributed by atoms with Crippen LogP contribution in [0, 0.1) is 0 Å². The molecule has 156 valence electrons. The zero-order valence-electron chi connectivity index (χ0n) is 16.3. The lowest BCUT2D eigenvalue weighted by Crippen LogP contribution is -2.24. The number of carbonyl (C=O) groups is 2. The molecular formula is C22H16Cl2N4O3. The van der Waals surface area contributed by atoms with Gasteiger partial charge in [-0.05, 0) is 35.9 Å². The first-order chi connectivity index (χ1) is 14.9. The molecule has 9 heteroatoms. The van der Waals surface area contributed by atoms with Gasteiger partial charge in [-0.25, -0.2) is 9.97 Å². The molecule has 0 radical (unpaired) electrons. The molecule has 0 aliphatic rings. The number of pyridine rings is 1. The first kappa shape index (κ1) is 20.8. The van der Waals surface area contributed by atoms with Crippen LogP contribution >= 0.6 is 23.2 Å². The van der Waals surface area contributed by atoms with Crippen LogP contribution in [0.2, 0.25) is 10.0 Å². The molecule has 0 saturated carbocycles. The van der Waals surface area contributed by atoms with Crippen LogP contribution in [0.4, 0.5) is 17.2 Å². The monoisotopic (exact) mass is 454 g/mol. The second kappa shape index (κ2) is 8.75. The number of nitrogens with zero attached hydrogens (tertiary/aromatic N) is 3. The Hall–Kier alpha value is -3.42. The summed E-state index contributed by atoms with van der Waals surface area (Å²) in [6.45, 7) is 1.43. The topological polar surface area (TPSA) is 88.3 Å². The lowest BCUT2D eigenvalue weighted by molar-refractivity contribution is -0.116. The van der Waals surface area contributed by atoms with E-state index in [9.17, 15) is 9.59 Å². The number of anilines is 3. The Labute approximate surface area is 187 Å². The van der Waals surface area contributed by atoms with Gasteiger partial charge in [0, 0.05) is 41.0 Å². The van der Waals surface area contributed by atoms with E-state index in [4.69, 9.17) is 27.6 Å². The minimum Gasteiger partial charge on any atom is -0.443 e. The summed E-state index contributed by atoms with van der Waals surface area (Å²) in [6, 6.07) is 13.5. The van der Waals surface area contributed by atoms with Crippen LogP contribution in [0.5, 0.6) is 0 Å². The number of rotatable bonds is 5. The molecule has 4 aromatic rings. The van der Waals surface area contributed by atoms with Crippen molar-refractivity contribution in [2.75, 3.05) is 10.2 Å². The summed E-state index contributed by atoms with van der Waals surface area (Å²) >= 11 is 12.3. The van der Waals surface area contributed by atoms with Crippen LogP contribution in [0.1, 0.15) is 12.5 Å². The third-order valence-corrected chi connectivity index (χ3v) is 5.25. The van der Waals surface area contributed by atoms with Gasteiger partial charge in [-0.2, -0.15) is 0 Å². The summed E-state index contributed by atoms with van der Waals surface area (Å²) in [5, 5.41) is 3.63. The fraction of sp³-hybridized carbons (Fsp3) is 0.0909. The minimum absolute atomic E-state index is 0.00868. The van der Waals surface area contributed by atoms with Gasteiger partial charge in [0.2, 0.25) is 11.8 Å². The maximum Gasteiger partial charge on any atom is 0.229 e. The SMILES string of the molecule is CC(=O)N(c1ccc2ncoc2c1)c1cc(NC(=O)Cc2c(Cl)cccc2Cl)ccn1. The number of hydrogen-bond acceptors (Lipinski definition) is 5. The normalized spacial score (nSPS) is 10.8. The van der Waals surface area contributed by atoms with Crippen LogP contribution in [-0.4, -0.2) is 21.8 Å². The maximum absolute atomic E-state index is 12.5. The van der Waals surface area contributed by atoms with Gasteiger partial charge in [-0.15, -0.1) is 0 Å². The molecule has 2 heterocycles. The van der Waals surface area contributed by atoms with Crippen molar-refractivity contribution in [3.63, 3.8) is 0 Å². The Morgan fingerprint density at radius 2 is 1.84 bits per heavy atom. The van der Waals surface area contributed by atoms with Crippen LogP contribution < -0.4 is 10.2 Å². The molecule has 0 atom stereocenters. The highest BCUT2D eigenvalue weighted by Crippen LogP contribution is 2.29. The van der Waals surface area contributed by atoms with Crippen molar-refractivity contribution in [2.45, 2.75) is 13.3 Å². The summed E-state index contributed by atoms with van der Waals surface area (Å²) in [7, 11) is 0. The van der Waals surface area contributed by atoms with Crippen molar-refractivity contribution in [2.24, 2.45) is 0 Å². The lowest BCUT2D eigenvalue weighted by Gasteiger charge is -2.20. The van der Waals surface area contributed by atoms with E-state index in [2.05, 4.69) is 15.3 Å². The summed E-state index contributed by atoms with van der Waals surface area (Å²) in [4.78, 5) is 34.7. The predicted molar refractivity (Wildman–Crippen MR) is 120 cm³/mol. The molecule has 2 aromatic carbocycles. The zero-order chi connectivity index (χ0) is 22.0. The van der Waals surface area contributed by atoms with Crippen LogP contribution in [0.3, 0.4) is 0 Å². The minimum atomic E-state index is -0.301. The van der Waals surface area contributed by atoms with Crippen molar-refractivity contribution >= 4 is 63.3 Å². The first-order valence-electron chi connectivity index (χ1n) is 9.25. The molecule has 0 aliphatic carbocycles. The number of amides is 2. The third kappa shape index (κ3) is 4.52. The number of fused-ring (bicyclic) bond motifs is 1. The molecule has 0 fully saturated rings. The van der Waals surface area contributed by atoms with E-state index in [0.717, 1.165) is 0 Å². The number of oxazole rings is 1. The molecule has 7 nitrogen and oxygen atoms in total. The quantitative estimate of drug-likeness (QED) is 0.436. The average Bonchev–Trinajstić information content (AvgIpc) is 3.19. The second-order valence-corrected chi connectivity index (χ2v) is 7.50.